The van der Waals surface area contributed by atoms with Crippen molar-refractivity contribution in [3.63, 3.8) is 0 Å². The third-order valence-corrected chi connectivity index (χ3v) is 2.58. The maximum atomic E-state index is 11.3. The van der Waals surface area contributed by atoms with E-state index in [0.29, 0.717) is 12.4 Å². The van der Waals surface area contributed by atoms with Crippen LogP contribution in [0.1, 0.15) is 40.0 Å². The van der Waals surface area contributed by atoms with Crippen molar-refractivity contribution in [1.29, 1.82) is 0 Å². The Morgan fingerprint density at radius 2 is 1.83 bits per heavy atom. The molecule has 108 valence electrons. The Hall–Kier alpha value is -0.480. The Balaban J connectivity index is 3.42. The highest BCUT2D eigenvalue weighted by molar-refractivity contribution is 6.17. The number of unbranched alkanes of at least 4 members (excludes halogenated alkanes) is 1. The van der Waals surface area contributed by atoms with Crippen molar-refractivity contribution in [3.05, 3.63) is 0 Å². The second-order valence-electron chi connectivity index (χ2n) is 5.48. The highest BCUT2D eigenvalue weighted by atomic mass is 35.5. The fourth-order valence-electron chi connectivity index (χ4n) is 1.45. The number of alkyl halides is 1. The van der Waals surface area contributed by atoms with Gasteiger partial charge in [-0.15, -0.1) is 11.6 Å². The number of hydrogen-bond donors (Lipinski definition) is 1. The molecule has 0 aliphatic heterocycles. The standard InChI is InChI=1S/C13H27ClN2O2/c1-13(2,3)18-12(17)15-9-5-6-10-16(4)11-7-8-14/h5-11H2,1-4H3,(H,15,17). The Morgan fingerprint density at radius 3 is 2.39 bits per heavy atom. The zero-order valence-electron chi connectivity index (χ0n) is 12.1. The lowest BCUT2D eigenvalue weighted by Crippen LogP contribution is -2.33. The molecule has 0 aromatic heterocycles. The van der Waals surface area contributed by atoms with E-state index in [4.69, 9.17) is 16.3 Å². The van der Waals surface area contributed by atoms with Crippen molar-refractivity contribution in [2.24, 2.45) is 0 Å². The average molecular weight is 279 g/mol. The maximum absolute atomic E-state index is 11.3. The van der Waals surface area contributed by atoms with E-state index in [1.165, 1.54) is 0 Å². The molecule has 0 radical (unpaired) electrons. The van der Waals surface area contributed by atoms with Gasteiger partial charge in [0.05, 0.1) is 0 Å². The zero-order chi connectivity index (χ0) is 14.0. The first kappa shape index (κ1) is 17.5. The highest BCUT2D eigenvalue weighted by Gasteiger charge is 2.15. The van der Waals surface area contributed by atoms with E-state index in [-0.39, 0.29) is 6.09 Å². The fraction of sp³-hybridized carbons (Fsp3) is 0.923. The van der Waals surface area contributed by atoms with Crippen LogP contribution in [0.4, 0.5) is 4.79 Å². The summed E-state index contributed by atoms with van der Waals surface area (Å²) in [6.45, 7) is 8.31. The van der Waals surface area contributed by atoms with Gasteiger partial charge in [-0.25, -0.2) is 4.79 Å². The molecule has 0 aliphatic carbocycles. The van der Waals surface area contributed by atoms with Crippen LogP contribution in [0, 0.1) is 0 Å². The number of ether oxygens (including phenoxy) is 1. The van der Waals surface area contributed by atoms with Crippen LogP contribution >= 0.6 is 11.6 Å². The summed E-state index contributed by atoms with van der Waals surface area (Å²) in [5, 5.41) is 2.76. The first-order valence-corrected chi connectivity index (χ1v) is 7.10. The number of carbonyl (C=O) groups excluding carboxylic acids is 1. The van der Waals surface area contributed by atoms with Crippen LogP contribution in [0.25, 0.3) is 0 Å². The Morgan fingerprint density at radius 1 is 1.22 bits per heavy atom. The lowest BCUT2D eigenvalue weighted by Gasteiger charge is -2.20. The summed E-state index contributed by atoms with van der Waals surface area (Å²) in [5.74, 6) is 0.713. The molecule has 0 aromatic carbocycles. The molecule has 18 heavy (non-hydrogen) atoms. The number of hydrogen-bond acceptors (Lipinski definition) is 3. The van der Waals surface area contributed by atoms with Crippen molar-refractivity contribution < 1.29 is 9.53 Å². The predicted octanol–water partition coefficient (Wildman–Crippen LogP) is 2.85. The van der Waals surface area contributed by atoms with Gasteiger partial charge in [0.2, 0.25) is 0 Å². The molecule has 0 saturated carbocycles. The number of rotatable bonds is 8. The molecule has 0 heterocycles. The predicted molar refractivity (Wildman–Crippen MR) is 76.3 cm³/mol. The first-order chi connectivity index (χ1) is 8.35. The Kier molecular flexibility index (Phi) is 9.20. The van der Waals surface area contributed by atoms with Gasteiger partial charge in [0.1, 0.15) is 5.60 Å². The normalized spacial score (nSPS) is 11.7. The molecule has 0 rings (SSSR count). The Bertz CT molecular complexity index is 230. The van der Waals surface area contributed by atoms with Gasteiger partial charge < -0.3 is 15.0 Å². The minimum Gasteiger partial charge on any atom is -0.444 e. The van der Waals surface area contributed by atoms with Crippen LogP contribution in [-0.4, -0.2) is 49.2 Å². The van der Waals surface area contributed by atoms with Gasteiger partial charge in [0, 0.05) is 12.4 Å². The molecule has 0 aromatic rings. The molecule has 0 saturated heterocycles. The third-order valence-electron chi connectivity index (χ3n) is 2.31. The highest BCUT2D eigenvalue weighted by Crippen LogP contribution is 2.06. The number of halogens is 1. The first-order valence-electron chi connectivity index (χ1n) is 6.56. The minimum absolute atomic E-state index is 0.335. The summed E-state index contributed by atoms with van der Waals surface area (Å²) in [6.07, 6.45) is 2.71. The van der Waals surface area contributed by atoms with E-state index >= 15 is 0 Å². The third kappa shape index (κ3) is 12.0. The van der Waals surface area contributed by atoms with Crippen LogP contribution in [0.2, 0.25) is 0 Å². The molecule has 0 spiro atoms. The summed E-state index contributed by atoms with van der Waals surface area (Å²) < 4.78 is 5.14. The molecule has 0 atom stereocenters. The van der Waals surface area contributed by atoms with Crippen LogP contribution in [0.5, 0.6) is 0 Å². The fourth-order valence-corrected chi connectivity index (χ4v) is 1.57. The molecular formula is C13H27ClN2O2. The van der Waals surface area contributed by atoms with Crippen molar-refractivity contribution in [1.82, 2.24) is 10.2 Å². The van der Waals surface area contributed by atoms with Gasteiger partial charge in [-0.1, -0.05) is 0 Å². The lowest BCUT2D eigenvalue weighted by molar-refractivity contribution is 0.0526. The van der Waals surface area contributed by atoms with Gasteiger partial charge in [0.15, 0.2) is 0 Å². The Labute approximate surface area is 116 Å². The zero-order valence-corrected chi connectivity index (χ0v) is 12.8. The quantitative estimate of drug-likeness (QED) is 0.548. The molecule has 0 aliphatic rings. The van der Waals surface area contributed by atoms with Crippen LogP contribution in [0.15, 0.2) is 0 Å². The lowest BCUT2D eigenvalue weighted by atomic mass is 10.2. The second-order valence-corrected chi connectivity index (χ2v) is 5.86. The van der Waals surface area contributed by atoms with Crippen LogP contribution < -0.4 is 5.32 Å². The minimum atomic E-state index is -0.425. The van der Waals surface area contributed by atoms with Crippen LogP contribution in [-0.2, 0) is 4.74 Å². The largest absolute Gasteiger partial charge is 0.444 e. The summed E-state index contributed by atoms with van der Waals surface area (Å²) in [4.78, 5) is 13.6. The van der Waals surface area contributed by atoms with Gasteiger partial charge in [-0.2, -0.15) is 0 Å². The van der Waals surface area contributed by atoms with Gasteiger partial charge in [-0.3, -0.25) is 0 Å². The maximum Gasteiger partial charge on any atom is 0.407 e. The summed E-state index contributed by atoms with van der Waals surface area (Å²) in [5.41, 5.74) is -0.425. The number of carbonyl (C=O) groups is 1. The molecule has 0 unspecified atom stereocenters. The number of alkyl carbamates (subject to hydrolysis) is 1. The number of nitrogens with one attached hydrogen (secondary N) is 1. The monoisotopic (exact) mass is 278 g/mol. The van der Waals surface area contributed by atoms with Gasteiger partial charge in [-0.05, 0) is 60.2 Å². The van der Waals surface area contributed by atoms with E-state index in [0.717, 1.165) is 32.4 Å². The van der Waals surface area contributed by atoms with Gasteiger partial charge in [0.25, 0.3) is 0 Å². The van der Waals surface area contributed by atoms with E-state index < -0.39 is 5.60 Å². The summed E-state index contributed by atoms with van der Waals surface area (Å²) in [7, 11) is 2.09. The van der Waals surface area contributed by atoms with Crippen molar-refractivity contribution in [2.45, 2.75) is 45.6 Å². The van der Waals surface area contributed by atoms with Crippen molar-refractivity contribution in [3.8, 4) is 0 Å². The van der Waals surface area contributed by atoms with E-state index in [1.807, 2.05) is 20.8 Å². The van der Waals surface area contributed by atoms with Crippen molar-refractivity contribution >= 4 is 17.7 Å². The molecule has 5 heteroatoms. The summed E-state index contributed by atoms with van der Waals surface area (Å²) >= 11 is 5.63. The molecule has 0 fully saturated rings. The summed E-state index contributed by atoms with van der Waals surface area (Å²) in [6, 6.07) is 0. The molecule has 1 amide bonds. The number of nitrogens with zero attached hydrogens (tertiary/aromatic N) is 1. The van der Waals surface area contributed by atoms with E-state index in [1.54, 1.807) is 0 Å². The second kappa shape index (κ2) is 9.45. The smallest absolute Gasteiger partial charge is 0.407 e. The average Bonchev–Trinajstić information content (AvgIpc) is 2.23. The van der Waals surface area contributed by atoms with E-state index in [9.17, 15) is 4.79 Å². The number of amides is 1. The molecule has 1 N–H and O–H groups in total. The van der Waals surface area contributed by atoms with Crippen LogP contribution in [0.3, 0.4) is 0 Å². The molecule has 0 bridgehead atoms. The molecular weight excluding hydrogens is 252 g/mol. The topological polar surface area (TPSA) is 41.6 Å². The molecule has 4 nitrogen and oxygen atoms in total. The SMILES string of the molecule is CN(CCCCl)CCCCNC(=O)OC(C)(C)C. The van der Waals surface area contributed by atoms with Crippen molar-refractivity contribution in [2.75, 3.05) is 32.6 Å². The van der Waals surface area contributed by atoms with Gasteiger partial charge >= 0.3 is 6.09 Å². The van der Waals surface area contributed by atoms with E-state index in [2.05, 4.69) is 17.3 Å².